The molecule has 2 heterocycles. The van der Waals surface area contributed by atoms with Crippen LogP contribution < -0.4 is 0 Å². The van der Waals surface area contributed by atoms with Crippen molar-refractivity contribution in [2.24, 2.45) is 11.3 Å². The van der Waals surface area contributed by atoms with Crippen LogP contribution in [-0.2, 0) is 6.42 Å². The molecule has 156 valence electrons. The van der Waals surface area contributed by atoms with Gasteiger partial charge in [0.25, 0.3) is 0 Å². The molecule has 4 aromatic rings. The molecule has 0 aliphatic heterocycles. The van der Waals surface area contributed by atoms with Crippen molar-refractivity contribution >= 4 is 27.5 Å². The lowest BCUT2D eigenvalue weighted by molar-refractivity contribution is 0.238. The molecule has 2 aliphatic rings. The highest BCUT2D eigenvalue weighted by Gasteiger charge is 2.48. The van der Waals surface area contributed by atoms with E-state index >= 15 is 0 Å². The summed E-state index contributed by atoms with van der Waals surface area (Å²) < 4.78 is 16.7. The van der Waals surface area contributed by atoms with E-state index in [1.54, 1.807) is 17.7 Å². The molecule has 1 fully saturated rings. The molecule has 1 saturated carbocycles. The Morgan fingerprint density at radius 3 is 2.81 bits per heavy atom. The van der Waals surface area contributed by atoms with Crippen molar-refractivity contribution in [2.75, 3.05) is 0 Å². The van der Waals surface area contributed by atoms with Crippen LogP contribution in [0, 0.1) is 17.2 Å². The monoisotopic (exact) mass is 428 g/mol. The lowest BCUT2D eigenvalue weighted by Crippen LogP contribution is -2.31. The van der Waals surface area contributed by atoms with Crippen LogP contribution >= 0.6 is 11.3 Å². The Kier molecular flexibility index (Phi) is 4.23. The van der Waals surface area contributed by atoms with Crippen LogP contribution in [0.15, 0.2) is 65.7 Å². The van der Waals surface area contributed by atoms with Crippen LogP contribution in [0.1, 0.15) is 49.4 Å². The molecular weight excluding hydrogens is 403 g/mol. The average Bonchev–Trinajstić information content (AvgIpc) is 3.46. The van der Waals surface area contributed by atoms with Gasteiger partial charge >= 0.3 is 0 Å². The fraction of sp³-hybridized carbons (Fsp3) is 0.296. The number of rotatable bonds is 3. The minimum absolute atomic E-state index is 0.159. The zero-order chi connectivity index (χ0) is 21.2. The normalized spacial score (nSPS) is 23.5. The molecule has 2 aromatic heterocycles. The van der Waals surface area contributed by atoms with Crippen molar-refractivity contribution in [3.8, 4) is 5.69 Å². The van der Waals surface area contributed by atoms with Crippen molar-refractivity contribution < 1.29 is 4.39 Å². The summed E-state index contributed by atoms with van der Waals surface area (Å²) in [5.41, 5.74) is 6.57. The van der Waals surface area contributed by atoms with E-state index < -0.39 is 0 Å². The van der Waals surface area contributed by atoms with Gasteiger partial charge in [0.2, 0.25) is 0 Å². The van der Waals surface area contributed by atoms with Crippen molar-refractivity contribution in [1.29, 1.82) is 0 Å². The maximum Gasteiger partial charge on any atom is 0.123 e. The topological polar surface area (TPSA) is 17.8 Å². The first-order valence-corrected chi connectivity index (χ1v) is 11.9. The number of aromatic nitrogens is 2. The number of thiophene rings is 1. The molecule has 2 aliphatic carbocycles. The predicted octanol–water partition coefficient (Wildman–Crippen LogP) is 7.39. The van der Waals surface area contributed by atoms with Crippen LogP contribution in [0.3, 0.4) is 0 Å². The van der Waals surface area contributed by atoms with E-state index in [9.17, 15) is 4.39 Å². The van der Waals surface area contributed by atoms with E-state index in [1.807, 2.05) is 22.2 Å². The van der Waals surface area contributed by atoms with Gasteiger partial charge in [-0.2, -0.15) is 5.10 Å². The summed E-state index contributed by atoms with van der Waals surface area (Å²) in [5.74, 6) is 0.907. The number of halogens is 1. The van der Waals surface area contributed by atoms with E-state index in [2.05, 4.69) is 54.7 Å². The van der Waals surface area contributed by atoms with Crippen LogP contribution in [0.2, 0.25) is 0 Å². The Morgan fingerprint density at radius 1 is 1.16 bits per heavy atom. The Balaban J connectivity index is 1.37. The number of benzene rings is 2. The highest BCUT2D eigenvalue weighted by molar-refractivity contribution is 7.17. The third-order valence-corrected chi connectivity index (χ3v) is 8.69. The van der Waals surface area contributed by atoms with E-state index in [-0.39, 0.29) is 11.2 Å². The summed E-state index contributed by atoms with van der Waals surface area (Å²) in [6.07, 6.45) is 7.76. The van der Waals surface area contributed by atoms with Crippen LogP contribution in [0.25, 0.3) is 21.8 Å². The quantitative estimate of drug-likeness (QED) is 0.333. The molecule has 31 heavy (non-hydrogen) atoms. The summed E-state index contributed by atoms with van der Waals surface area (Å²) >= 11 is 1.87. The average molecular weight is 429 g/mol. The van der Waals surface area contributed by atoms with Crippen molar-refractivity contribution in [3.63, 3.8) is 0 Å². The molecule has 2 aromatic carbocycles. The number of fused-ring (bicyclic) bond motifs is 3. The zero-order valence-corrected chi connectivity index (χ0v) is 18.6. The molecule has 0 amide bonds. The summed E-state index contributed by atoms with van der Waals surface area (Å²) in [6, 6.07) is 15.4. The summed E-state index contributed by atoms with van der Waals surface area (Å²) in [5, 5.41) is 8.46. The molecule has 0 bridgehead atoms. The van der Waals surface area contributed by atoms with E-state index in [1.165, 1.54) is 39.8 Å². The van der Waals surface area contributed by atoms with Gasteiger partial charge in [-0.25, -0.2) is 9.07 Å². The minimum Gasteiger partial charge on any atom is -0.233 e. The maximum atomic E-state index is 13.4. The second kappa shape index (κ2) is 6.89. The van der Waals surface area contributed by atoms with E-state index in [4.69, 9.17) is 0 Å². The van der Waals surface area contributed by atoms with Crippen LogP contribution in [0.5, 0.6) is 0 Å². The molecule has 0 saturated heterocycles. The molecule has 0 N–H and O–H groups in total. The van der Waals surface area contributed by atoms with Crippen molar-refractivity contribution in [1.82, 2.24) is 9.78 Å². The van der Waals surface area contributed by atoms with Gasteiger partial charge < -0.3 is 0 Å². The fourth-order valence-corrected chi connectivity index (χ4v) is 7.10. The smallest absolute Gasteiger partial charge is 0.123 e. The number of hydrogen-bond acceptors (Lipinski definition) is 2. The highest BCUT2D eigenvalue weighted by Crippen LogP contribution is 2.58. The number of allylic oxidation sites excluding steroid dienone is 1. The van der Waals surface area contributed by atoms with Crippen LogP contribution in [-0.4, -0.2) is 9.78 Å². The van der Waals surface area contributed by atoms with E-state index in [0.717, 1.165) is 24.2 Å². The minimum atomic E-state index is -0.218. The highest BCUT2D eigenvalue weighted by atomic mass is 32.1. The van der Waals surface area contributed by atoms with E-state index in [0.29, 0.717) is 11.8 Å². The fourth-order valence-electron chi connectivity index (χ4n) is 6.03. The lowest BCUT2D eigenvalue weighted by Gasteiger charge is -2.39. The van der Waals surface area contributed by atoms with Gasteiger partial charge in [-0.15, -0.1) is 11.3 Å². The zero-order valence-electron chi connectivity index (χ0n) is 17.8. The SMILES string of the molecule is C[C@H](c1csc2ccccc12)C1CCC2=Cc3c(cnn3-c3ccc(F)cc3)C[C@@]21C. The third kappa shape index (κ3) is 2.85. The Bertz CT molecular complexity index is 1310. The van der Waals surface area contributed by atoms with Crippen molar-refractivity contribution in [3.05, 3.63) is 88.3 Å². The standard InChI is InChI=1S/C27H25FN2S/c1-17(23-16-31-26-6-4-3-5-22(23)26)24-12-7-19-13-25-18(14-27(19,24)2)15-29-30(25)21-10-8-20(28)9-11-21/h3-6,8-11,13,15-17,24H,7,12,14H2,1-2H3/t17-,24?,27+/m1/s1. The van der Waals surface area contributed by atoms with Gasteiger partial charge in [0.05, 0.1) is 17.6 Å². The van der Waals surface area contributed by atoms with Gasteiger partial charge in [-0.1, -0.05) is 37.6 Å². The van der Waals surface area contributed by atoms with Gasteiger partial charge in [0.15, 0.2) is 0 Å². The van der Waals surface area contributed by atoms with Gasteiger partial charge in [0.1, 0.15) is 5.82 Å². The first kappa shape index (κ1) is 19.0. The maximum absolute atomic E-state index is 13.4. The second-order valence-electron chi connectivity index (χ2n) is 9.33. The molecular formula is C27H25FN2S. The lowest BCUT2D eigenvalue weighted by atomic mass is 9.65. The molecule has 2 nitrogen and oxygen atoms in total. The molecule has 0 spiro atoms. The van der Waals surface area contributed by atoms with Gasteiger partial charge in [0, 0.05) is 4.70 Å². The number of nitrogens with zero attached hydrogens (tertiary/aromatic N) is 2. The molecule has 6 rings (SSSR count). The van der Waals surface area contributed by atoms with Crippen LogP contribution in [0.4, 0.5) is 4.39 Å². The Hall–Kier alpha value is -2.72. The molecule has 1 unspecified atom stereocenters. The molecule has 4 heteroatoms. The Morgan fingerprint density at radius 2 is 1.97 bits per heavy atom. The van der Waals surface area contributed by atoms with Crippen molar-refractivity contribution in [2.45, 2.75) is 39.0 Å². The van der Waals surface area contributed by atoms with Gasteiger partial charge in [-0.3, -0.25) is 0 Å². The molecule has 0 radical (unpaired) electrons. The second-order valence-corrected chi connectivity index (χ2v) is 10.2. The molecule has 3 atom stereocenters. The number of hydrogen-bond donors (Lipinski definition) is 0. The Labute approximate surface area is 186 Å². The predicted molar refractivity (Wildman–Crippen MR) is 126 cm³/mol. The van der Waals surface area contributed by atoms with Gasteiger partial charge in [-0.05, 0) is 94.8 Å². The largest absolute Gasteiger partial charge is 0.233 e. The summed E-state index contributed by atoms with van der Waals surface area (Å²) in [4.78, 5) is 0. The third-order valence-electron chi connectivity index (χ3n) is 7.71. The summed E-state index contributed by atoms with van der Waals surface area (Å²) in [6.45, 7) is 4.88. The summed E-state index contributed by atoms with van der Waals surface area (Å²) in [7, 11) is 0. The first-order chi connectivity index (χ1) is 15.0. The first-order valence-electron chi connectivity index (χ1n) is 11.0.